The first-order valence-electron chi connectivity index (χ1n) is 7.10. The van der Waals surface area contributed by atoms with E-state index in [1.54, 1.807) is 6.20 Å². The van der Waals surface area contributed by atoms with E-state index in [1.165, 1.54) is 0 Å². The number of hydrogen-bond donors (Lipinski definition) is 1. The van der Waals surface area contributed by atoms with E-state index in [2.05, 4.69) is 16.5 Å². The van der Waals surface area contributed by atoms with Gasteiger partial charge >= 0.3 is 0 Å². The van der Waals surface area contributed by atoms with Crippen LogP contribution in [0.2, 0.25) is 0 Å². The van der Waals surface area contributed by atoms with Crippen molar-refractivity contribution in [3.8, 4) is 0 Å². The maximum atomic E-state index is 12.4. The first kappa shape index (κ1) is 17.0. The smallest absolute Gasteiger partial charge is 0.242 e. The molecule has 0 aromatic carbocycles. The summed E-state index contributed by atoms with van der Waals surface area (Å²) in [5.41, 5.74) is 5.41. The summed E-state index contributed by atoms with van der Waals surface area (Å²) < 4.78 is 2.13. The molecule has 1 saturated heterocycles. The van der Waals surface area contributed by atoms with Crippen molar-refractivity contribution in [2.24, 2.45) is 5.73 Å². The number of piperidine rings is 1. The van der Waals surface area contributed by atoms with Crippen molar-refractivity contribution < 1.29 is 4.79 Å². The van der Waals surface area contributed by atoms with Gasteiger partial charge in [-0.25, -0.2) is 4.98 Å². The van der Waals surface area contributed by atoms with Crippen molar-refractivity contribution in [2.75, 3.05) is 13.1 Å². The molecule has 0 radical (unpaired) electrons. The number of halogens is 1. The van der Waals surface area contributed by atoms with Crippen molar-refractivity contribution >= 4 is 18.3 Å². The number of hydrogen-bond acceptors (Lipinski definition) is 3. The lowest BCUT2D eigenvalue weighted by molar-refractivity contribution is -0.138. The molecule has 2 rings (SSSR count). The van der Waals surface area contributed by atoms with E-state index in [1.807, 2.05) is 24.3 Å². The average Bonchev–Trinajstić information content (AvgIpc) is 2.92. The fourth-order valence-electron chi connectivity index (χ4n) is 2.84. The zero-order chi connectivity index (χ0) is 13.9. The highest BCUT2D eigenvalue weighted by atomic mass is 35.5. The lowest BCUT2D eigenvalue weighted by atomic mass is 9.94. The Kier molecular flexibility index (Phi) is 6.02. The zero-order valence-electron chi connectivity index (χ0n) is 12.3. The van der Waals surface area contributed by atoms with Crippen LogP contribution in [0.1, 0.15) is 45.6 Å². The highest BCUT2D eigenvalue weighted by Gasteiger charge is 2.33. The van der Waals surface area contributed by atoms with Gasteiger partial charge in [-0.2, -0.15) is 0 Å². The Morgan fingerprint density at radius 1 is 1.45 bits per heavy atom. The summed E-state index contributed by atoms with van der Waals surface area (Å²) in [6.45, 7) is 5.49. The average molecular weight is 301 g/mol. The second-order valence-electron chi connectivity index (χ2n) is 5.70. The van der Waals surface area contributed by atoms with Gasteiger partial charge in [-0.15, -0.1) is 12.4 Å². The van der Waals surface area contributed by atoms with Crippen molar-refractivity contribution in [1.82, 2.24) is 14.5 Å². The van der Waals surface area contributed by atoms with E-state index >= 15 is 0 Å². The molecule has 0 bridgehead atoms. The van der Waals surface area contributed by atoms with Crippen LogP contribution >= 0.6 is 12.4 Å². The topological polar surface area (TPSA) is 64.2 Å². The zero-order valence-corrected chi connectivity index (χ0v) is 13.1. The van der Waals surface area contributed by atoms with Crippen LogP contribution in [-0.2, 0) is 4.79 Å². The predicted molar refractivity (Wildman–Crippen MR) is 81.8 cm³/mol. The number of aromatic nitrogens is 2. The molecule has 1 aliphatic rings. The normalized spacial score (nSPS) is 19.2. The molecular weight excluding hydrogens is 276 g/mol. The standard InChI is InChI=1S/C14H24N4O.ClH/c1-3-6-14(2,15)13(19)17-8-4-12(5-9-17)18-10-7-16-11-18;/h7,10-12H,3-6,8-9,15H2,1-2H3;1H. The van der Waals surface area contributed by atoms with Gasteiger partial charge in [0.2, 0.25) is 5.91 Å². The molecule has 1 aromatic heterocycles. The molecule has 6 heteroatoms. The predicted octanol–water partition coefficient (Wildman–Crippen LogP) is 1.99. The fraction of sp³-hybridized carbons (Fsp3) is 0.714. The third-order valence-corrected chi connectivity index (χ3v) is 3.96. The molecule has 0 spiro atoms. The number of imidazole rings is 1. The molecule has 1 fully saturated rings. The van der Waals surface area contributed by atoms with Gasteiger partial charge in [-0.05, 0) is 26.2 Å². The second kappa shape index (κ2) is 7.09. The summed E-state index contributed by atoms with van der Waals surface area (Å²) >= 11 is 0. The molecule has 1 unspecified atom stereocenters. The first-order chi connectivity index (χ1) is 9.04. The number of amides is 1. The van der Waals surface area contributed by atoms with E-state index in [-0.39, 0.29) is 18.3 Å². The molecule has 1 amide bonds. The molecule has 20 heavy (non-hydrogen) atoms. The molecular formula is C14H25ClN4O. The molecule has 1 aromatic rings. The quantitative estimate of drug-likeness (QED) is 0.925. The highest BCUT2D eigenvalue weighted by Crippen LogP contribution is 2.24. The SMILES string of the molecule is CCCC(C)(N)C(=O)N1CCC(n2ccnc2)CC1.Cl. The maximum absolute atomic E-state index is 12.4. The first-order valence-corrected chi connectivity index (χ1v) is 7.10. The molecule has 1 atom stereocenters. The summed E-state index contributed by atoms with van der Waals surface area (Å²) in [6, 6.07) is 0.460. The Hall–Kier alpha value is -1.07. The third kappa shape index (κ3) is 3.73. The second-order valence-corrected chi connectivity index (χ2v) is 5.70. The molecule has 114 valence electrons. The van der Waals surface area contributed by atoms with E-state index < -0.39 is 5.54 Å². The van der Waals surface area contributed by atoms with Gasteiger partial charge in [0.1, 0.15) is 0 Å². The number of rotatable bonds is 4. The highest BCUT2D eigenvalue weighted by molar-refractivity contribution is 5.86. The number of carbonyl (C=O) groups is 1. The van der Waals surface area contributed by atoms with Crippen LogP contribution in [0, 0.1) is 0 Å². The number of carbonyl (C=O) groups excluding carboxylic acids is 1. The largest absolute Gasteiger partial charge is 0.341 e. The van der Waals surface area contributed by atoms with Crippen LogP contribution in [-0.4, -0.2) is 39.0 Å². The Balaban J connectivity index is 0.00000200. The lowest BCUT2D eigenvalue weighted by Gasteiger charge is -2.37. The van der Waals surface area contributed by atoms with Gasteiger partial charge in [0, 0.05) is 31.5 Å². The van der Waals surface area contributed by atoms with E-state index in [0.29, 0.717) is 6.04 Å². The fourth-order valence-corrected chi connectivity index (χ4v) is 2.84. The summed E-state index contributed by atoms with van der Waals surface area (Å²) in [7, 11) is 0. The Bertz CT molecular complexity index is 411. The van der Waals surface area contributed by atoms with Crippen LogP contribution < -0.4 is 5.73 Å². The monoisotopic (exact) mass is 300 g/mol. The van der Waals surface area contributed by atoms with Crippen LogP contribution in [0.3, 0.4) is 0 Å². The molecule has 1 aliphatic heterocycles. The van der Waals surface area contributed by atoms with E-state index in [9.17, 15) is 4.79 Å². The van der Waals surface area contributed by atoms with Gasteiger partial charge < -0.3 is 15.2 Å². The lowest BCUT2D eigenvalue weighted by Crippen LogP contribution is -2.55. The minimum atomic E-state index is -0.712. The number of nitrogens with zero attached hydrogens (tertiary/aromatic N) is 3. The van der Waals surface area contributed by atoms with Gasteiger partial charge in [0.25, 0.3) is 0 Å². The van der Waals surface area contributed by atoms with E-state index in [4.69, 9.17) is 5.73 Å². The van der Waals surface area contributed by atoms with Gasteiger partial charge in [-0.1, -0.05) is 13.3 Å². The summed E-state index contributed by atoms with van der Waals surface area (Å²) in [5.74, 6) is 0.0958. The van der Waals surface area contributed by atoms with Crippen LogP contribution in [0.5, 0.6) is 0 Å². The molecule has 2 N–H and O–H groups in total. The van der Waals surface area contributed by atoms with Crippen LogP contribution in [0.25, 0.3) is 0 Å². The van der Waals surface area contributed by atoms with Gasteiger partial charge in [0.05, 0.1) is 11.9 Å². The Labute approximate surface area is 126 Å². The van der Waals surface area contributed by atoms with Gasteiger partial charge in [0.15, 0.2) is 0 Å². The minimum absolute atomic E-state index is 0. The molecule has 2 heterocycles. The van der Waals surface area contributed by atoms with Crippen molar-refractivity contribution in [3.63, 3.8) is 0 Å². The molecule has 0 aliphatic carbocycles. The van der Waals surface area contributed by atoms with Crippen molar-refractivity contribution in [3.05, 3.63) is 18.7 Å². The maximum Gasteiger partial charge on any atom is 0.242 e. The third-order valence-electron chi connectivity index (χ3n) is 3.96. The number of likely N-dealkylation sites (tertiary alicyclic amines) is 1. The Morgan fingerprint density at radius 2 is 2.10 bits per heavy atom. The summed E-state index contributed by atoms with van der Waals surface area (Å²) in [6.07, 6.45) is 9.28. The minimum Gasteiger partial charge on any atom is -0.341 e. The van der Waals surface area contributed by atoms with E-state index in [0.717, 1.165) is 38.8 Å². The summed E-state index contributed by atoms with van der Waals surface area (Å²) in [5, 5.41) is 0. The van der Waals surface area contributed by atoms with Crippen LogP contribution in [0.15, 0.2) is 18.7 Å². The van der Waals surface area contributed by atoms with Crippen molar-refractivity contribution in [1.29, 1.82) is 0 Å². The van der Waals surface area contributed by atoms with Crippen molar-refractivity contribution in [2.45, 2.75) is 51.1 Å². The summed E-state index contributed by atoms with van der Waals surface area (Å²) in [4.78, 5) is 18.4. The Morgan fingerprint density at radius 3 is 2.60 bits per heavy atom. The molecule has 0 saturated carbocycles. The van der Waals surface area contributed by atoms with Gasteiger partial charge in [-0.3, -0.25) is 4.79 Å². The van der Waals surface area contributed by atoms with Crippen LogP contribution in [0.4, 0.5) is 0 Å². The number of nitrogens with two attached hydrogens (primary N) is 1. The molecule has 5 nitrogen and oxygen atoms in total.